The molecule has 3 heteroatoms. The van der Waals surface area contributed by atoms with Crippen LogP contribution in [0.2, 0.25) is 0 Å². The number of hydrogen-bond donors (Lipinski definition) is 2. The molecule has 3 N–H and O–H groups in total. The van der Waals surface area contributed by atoms with Gasteiger partial charge in [0.2, 0.25) is 0 Å². The maximum atomic E-state index is 9.02. The van der Waals surface area contributed by atoms with Gasteiger partial charge in [-0.25, -0.2) is 0 Å². The van der Waals surface area contributed by atoms with E-state index in [1.165, 1.54) is 0 Å². The minimum absolute atomic E-state index is 0.0658. The molecule has 0 saturated carbocycles. The summed E-state index contributed by atoms with van der Waals surface area (Å²) in [5, 5.41) is 12.3. The summed E-state index contributed by atoms with van der Waals surface area (Å²) in [5.74, 6) is -0.0658. The Hall–Kier alpha value is -1.37. The molecule has 1 aromatic rings. The van der Waals surface area contributed by atoms with Gasteiger partial charge < -0.3 is 11.1 Å². The molecule has 0 fully saturated rings. The topological polar surface area (TPSA) is 61.8 Å². The van der Waals surface area contributed by atoms with Crippen molar-refractivity contribution < 1.29 is 0 Å². The van der Waals surface area contributed by atoms with E-state index in [-0.39, 0.29) is 5.92 Å². The third-order valence-corrected chi connectivity index (χ3v) is 2.26. The van der Waals surface area contributed by atoms with Crippen LogP contribution in [-0.4, -0.2) is 19.6 Å². The summed E-state index contributed by atoms with van der Waals surface area (Å²) < 4.78 is 0. The van der Waals surface area contributed by atoms with Crippen molar-refractivity contribution in [2.45, 2.75) is 12.3 Å². The second kappa shape index (κ2) is 6.99. The van der Waals surface area contributed by atoms with Crippen molar-refractivity contribution in [1.82, 2.24) is 5.32 Å². The highest BCUT2D eigenvalue weighted by atomic mass is 14.9. The molecule has 1 rings (SSSR count). The third-order valence-electron chi connectivity index (χ3n) is 2.26. The van der Waals surface area contributed by atoms with Gasteiger partial charge in [0.25, 0.3) is 0 Å². The summed E-state index contributed by atoms with van der Waals surface area (Å²) >= 11 is 0. The molecule has 0 aliphatic heterocycles. The van der Waals surface area contributed by atoms with Crippen molar-refractivity contribution in [3.05, 3.63) is 35.9 Å². The van der Waals surface area contributed by atoms with Crippen LogP contribution < -0.4 is 11.1 Å². The van der Waals surface area contributed by atoms with Crippen molar-refractivity contribution in [1.29, 1.82) is 5.26 Å². The van der Waals surface area contributed by atoms with Crippen molar-refractivity contribution >= 4 is 0 Å². The molecular formula is C12H17N3. The van der Waals surface area contributed by atoms with E-state index < -0.39 is 0 Å². The Labute approximate surface area is 90.9 Å². The standard InChI is InChI=1S/C12H17N3/c13-7-4-8-15-10-12(9-14)11-5-2-1-3-6-11/h1-3,5-6,12,15H,4,7-8,10,13H2. The predicted octanol–water partition coefficient (Wildman–Crippen LogP) is 1.23. The fraction of sp³-hybridized carbons (Fsp3) is 0.417. The van der Waals surface area contributed by atoms with Gasteiger partial charge in [-0.15, -0.1) is 0 Å². The number of benzene rings is 1. The molecule has 0 aromatic heterocycles. The van der Waals surface area contributed by atoms with Crippen LogP contribution in [0.15, 0.2) is 30.3 Å². The molecule has 0 aliphatic rings. The molecule has 80 valence electrons. The van der Waals surface area contributed by atoms with E-state index in [2.05, 4.69) is 11.4 Å². The average Bonchev–Trinajstić information content (AvgIpc) is 2.30. The van der Waals surface area contributed by atoms with Gasteiger partial charge in [-0.2, -0.15) is 5.26 Å². The first-order chi connectivity index (χ1) is 7.38. The Bertz CT molecular complexity index is 302. The van der Waals surface area contributed by atoms with Crippen molar-refractivity contribution in [3.63, 3.8) is 0 Å². The van der Waals surface area contributed by atoms with Gasteiger partial charge in [-0.05, 0) is 25.1 Å². The SMILES string of the molecule is N#CC(CNCCCN)c1ccccc1. The molecule has 0 aliphatic carbocycles. The zero-order valence-electron chi connectivity index (χ0n) is 8.82. The van der Waals surface area contributed by atoms with Crippen LogP contribution in [0, 0.1) is 11.3 Å². The number of nitrogens with one attached hydrogen (secondary N) is 1. The zero-order chi connectivity index (χ0) is 10.9. The van der Waals surface area contributed by atoms with Crippen LogP contribution in [0.25, 0.3) is 0 Å². The van der Waals surface area contributed by atoms with E-state index in [1.807, 2.05) is 30.3 Å². The Kier molecular flexibility index (Phi) is 5.46. The highest BCUT2D eigenvalue weighted by Crippen LogP contribution is 2.12. The van der Waals surface area contributed by atoms with Gasteiger partial charge in [-0.1, -0.05) is 30.3 Å². The monoisotopic (exact) mass is 203 g/mol. The number of nitrogens with zero attached hydrogens (tertiary/aromatic N) is 1. The molecule has 1 aromatic carbocycles. The molecule has 1 unspecified atom stereocenters. The molecular weight excluding hydrogens is 186 g/mol. The molecule has 1 atom stereocenters. The molecule has 15 heavy (non-hydrogen) atoms. The Balaban J connectivity index is 2.41. The number of nitrogens with two attached hydrogens (primary N) is 1. The third kappa shape index (κ3) is 4.11. The fourth-order valence-corrected chi connectivity index (χ4v) is 1.40. The number of nitriles is 1. The van der Waals surface area contributed by atoms with Gasteiger partial charge in [0.05, 0.1) is 12.0 Å². The molecule has 3 nitrogen and oxygen atoms in total. The van der Waals surface area contributed by atoms with Crippen LogP contribution in [0.3, 0.4) is 0 Å². The van der Waals surface area contributed by atoms with Crippen LogP contribution in [0.1, 0.15) is 17.9 Å². The normalized spacial score (nSPS) is 12.0. The van der Waals surface area contributed by atoms with Crippen LogP contribution in [-0.2, 0) is 0 Å². The molecule has 0 bridgehead atoms. The lowest BCUT2D eigenvalue weighted by atomic mass is 10.0. The van der Waals surface area contributed by atoms with Gasteiger partial charge in [0, 0.05) is 6.54 Å². The summed E-state index contributed by atoms with van der Waals surface area (Å²) in [6.45, 7) is 2.26. The van der Waals surface area contributed by atoms with Gasteiger partial charge >= 0.3 is 0 Å². The molecule has 0 spiro atoms. The van der Waals surface area contributed by atoms with Gasteiger partial charge in [0.1, 0.15) is 0 Å². The first-order valence-corrected chi connectivity index (χ1v) is 5.24. The van der Waals surface area contributed by atoms with Crippen molar-refractivity contribution in [2.24, 2.45) is 5.73 Å². The zero-order valence-corrected chi connectivity index (χ0v) is 8.82. The Morgan fingerprint density at radius 3 is 2.67 bits per heavy atom. The predicted molar refractivity (Wildman–Crippen MR) is 61.3 cm³/mol. The lowest BCUT2D eigenvalue weighted by molar-refractivity contribution is 0.628. The molecule has 0 heterocycles. The average molecular weight is 203 g/mol. The van der Waals surface area contributed by atoms with E-state index in [0.29, 0.717) is 13.1 Å². The van der Waals surface area contributed by atoms with Gasteiger partial charge in [-0.3, -0.25) is 0 Å². The minimum Gasteiger partial charge on any atom is -0.330 e. The lowest BCUT2D eigenvalue weighted by Gasteiger charge is -2.10. The molecule has 0 radical (unpaired) electrons. The van der Waals surface area contributed by atoms with E-state index in [9.17, 15) is 0 Å². The van der Waals surface area contributed by atoms with E-state index in [4.69, 9.17) is 11.0 Å². The second-order valence-corrected chi connectivity index (χ2v) is 3.44. The quantitative estimate of drug-likeness (QED) is 0.684. The maximum absolute atomic E-state index is 9.02. The van der Waals surface area contributed by atoms with E-state index in [1.54, 1.807) is 0 Å². The van der Waals surface area contributed by atoms with Crippen molar-refractivity contribution in [3.8, 4) is 6.07 Å². The minimum atomic E-state index is -0.0658. The van der Waals surface area contributed by atoms with Crippen LogP contribution >= 0.6 is 0 Å². The van der Waals surface area contributed by atoms with E-state index in [0.717, 1.165) is 18.5 Å². The second-order valence-electron chi connectivity index (χ2n) is 3.44. The Morgan fingerprint density at radius 2 is 2.07 bits per heavy atom. The van der Waals surface area contributed by atoms with Crippen molar-refractivity contribution in [2.75, 3.05) is 19.6 Å². The maximum Gasteiger partial charge on any atom is 0.0837 e. The van der Waals surface area contributed by atoms with E-state index >= 15 is 0 Å². The first-order valence-electron chi connectivity index (χ1n) is 5.24. The number of rotatable bonds is 6. The van der Waals surface area contributed by atoms with Gasteiger partial charge in [0.15, 0.2) is 0 Å². The highest BCUT2D eigenvalue weighted by Gasteiger charge is 2.08. The lowest BCUT2D eigenvalue weighted by Crippen LogP contribution is -2.23. The first kappa shape index (κ1) is 11.7. The molecule has 0 saturated heterocycles. The summed E-state index contributed by atoms with van der Waals surface area (Å²) in [7, 11) is 0. The van der Waals surface area contributed by atoms with Crippen LogP contribution in [0.4, 0.5) is 0 Å². The Morgan fingerprint density at radius 1 is 1.33 bits per heavy atom. The van der Waals surface area contributed by atoms with Crippen LogP contribution in [0.5, 0.6) is 0 Å². The number of hydrogen-bond acceptors (Lipinski definition) is 3. The largest absolute Gasteiger partial charge is 0.330 e. The summed E-state index contributed by atoms with van der Waals surface area (Å²) in [4.78, 5) is 0. The summed E-state index contributed by atoms with van der Waals surface area (Å²) in [6.07, 6.45) is 0.951. The highest BCUT2D eigenvalue weighted by molar-refractivity contribution is 5.24. The smallest absolute Gasteiger partial charge is 0.0837 e. The summed E-state index contributed by atoms with van der Waals surface area (Å²) in [6, 6.07) is 12.1. The fourth-order valence-electron chi connectivity index (χ4n) is 1.40. The summed E-state index contributed by atoms with van der Waals surface area (Å²) in [5.41, 5.74) is 6.45. The molecule has 0 amide bonds.